The summed E-state index contributed by atoms with van der Waals surface area (Å²) >= 11 is 0. The molecule has 0 spiro atoms. The quantitative estimate of drug-likeness (QED) is 0.343. The number of rotatable bonds is 7. The van der Waals surface area contributed by atoms with E-state index in [-0.39, 0.29) is 23.5 Å². The van der Waals surface area contributed by atoms with Crippen LogP contribution >= 0.6 is 0 Å². The van der Waals surface area contributed by atoms with Crippen molar-refractivity contribution in [3.05, 3.63) is 5.82 Å². The number of carboxylic acid groups (broad SMARTS) is 1. The zero-order chi connectivity index (χ0) is 21.0. The molecule has 29 heavy (non-hydrogen) atoms. The number of hydrogen-bond donors (Lipinski definition) is 5. The molecule has 0 unspecified atom stereocenters. The molecule has 2 aliphatic carbocycles. The third-order valence-electron chi connectivity index (χ3n) is 6.31. The second-order valence-corrected chi connectivity index (χ2v) is 8.57. The number of amides is 1. The van der Waals surface area contributed by atoms with Crippen LogP contribution in [0.25, 0.3) is 0 Å². The highest BCUT2D eigenvalue weighted by Gasteiger charge is 2.26. The Hall–Kier alpha value is -2.58. The SMILES string of the molecule is CC1CCC(CNc2c(N)nc(/C(N)=N/C(=O)O)nc2N[C@H](C)C2CCC2)CC1. The first-order valence-corrected chi connectivity index (χ1v) is 10.6. The summed E-state index contributed by atoms with van der Waals surface area (Å²) in [7, 11) is 0. The van der Waals surface area contributed by atoms with E-state index in [9.17, 15) is 4.79 Å². The lowest BCUT2D eigenvalue weighted by Crippen LogP contribution is -2.32. The van der Waals surface area contributed by atoms with Gasteiger partial charge in [-0.15, -0.1) is 0 Å². The fourth-order valence-electron chi connectivity index (χ4n) is 4.08. The summed E-state index contributed by atoms with van der Waals surface area (Å²) in [6.07, 6.45) is 7.14. The maximum Gasteiger partial charge on any atom is 0.433 e. The average molecular weight is 404 g/mol. The van der Waals surface area contributed by atoms with Gasteiger partial charge in [-0.2, -0.15) is 4.99 Å². The lowest BCUT2D eigenvalue weighted by atomic mass is 9.80. The molecule has 0 aliphatic heterocycles. The lowest BCUT2D eigenvalue weighted by molar-refractivity contribution is 0.205. The van der Waals surface area contributed by atoms with E-state index in [4.69, 9.17) is 16.6 Å². The Labute approximate surface area is 171 Å². The van der Waals surface area contributed by atoms with Crippen LogP contribution in [-0.4, -0.2) is 39.6 Å². The molecule has 2 aliphatic rings. The Morgan fingerprint density at radius 3 is 2.52 bits per heavy atom. The molecule has 0 saturated heterocycles. The van der Waals surface area contributed by atoms with Crippen LogP contribution in [0.2, 0.25) is 0 Å². The monoisotopic (exact) mass is 403 g/mol. The Kier molecular flexibility index (Phi) is 6.76. The fraction of sp³-hybridized carbons (Fsp3) is 0.700. The van der Waals surface area contributed by atoms with Gasteiger partial charge in [0.15, 0.2) is 23.3 Å². The van der Waals surface area contributed by atoms with Crippen LogP contribution in [0.15, 0.2) is 4.99 Å². The van der Waals surface area contributed by atoms with Crippen molar-refractivity contribution in [2.24, 2.45) is 28.5 Å². The molecule has 2 saturated carbocycles. The molecule has 1 heterocycles. The average Bonchev–Trinajstić information content (AvgIpc) is 2.60. The Balaban J connectivity index is 1.81. The van der Waals surface area contributed by atoms with E-state index in [0.29, 0.717) is 23.3 Å². The molecule has 0 aromatic carbocycles. The van der Waals surface area contributed by atoms with Gasteiger partial charge >= 0.3 is 6.09 Å². The maximum atomic E-state index is 10.9. The highest BCUT2D eigenvalue weighted by Crippen LogP contribution is 2.34. The van der Waals surface area contributed by atoms with Crippen molar-refractivity contribution in [1.29, 1.82) is 0 Å². The van der Waals surface area contributed by atoms with Gasteiger partial charge in [0.2, 0.25) is 0 Å². The van der Waals surface area contributed by atoms with Crippen LogP contribution in [0.5, 0.6) is 0 Å². The van der Waals surface area contributed by atoms with Crippen molar-refractivity contribution in [3.8, 4) is 0 Å². The predicted molar refractivity (Wildman–Crippen MR) is 115 cm³/mol. The van der Waals surface area contributed by atoms with Crippen LogP contribution < -0.4 is 22.1 Å². The van der Waals surface area contributed by atoms with E-state index < -0.39 is 6.09 Å². The van der Waals surface area contributed by atoms with Crippen molar-refractivity contribution in [1.82, 2.24) is 9.97 Å². The first-order valence-electron chi connectivity index (χ1n) is 10.6. The number of aromatic nitrogens is 2. The van der Waals surface area contributed by atoms with Gasteiger partial charge in [0.1, 0.15) is 5.69 Å². The normalized spacial score (nSPS) is 23.9. The number of nitrogen functional groups attached to an aromatic ring is 1. The highest BCUT2D eigenvalue weighted by atomic mass is 16.4. The van der Waals surface area contributed by atoms with Crippen LogP contribution in [0.3, 0.4) is 0 Å². The minimum Gasteiger partial charge on any atom is -0.463 e. The van der Waals surface area contributed by atoms with Crippen LogP contribution in [0.4, 0.5) is 22.1 Å². The molecule has 160 valence electrons. The molecule has 9 nitrogen and oxygen atoms in total. The number of nitrogens with zero attached hydrogens (tertiary/aromatic N) is 3. The number of aliphatic imine (C=N–C) groups is 1. The highest BCUT2D eigenvalue weighted by molar-refractivity contribution is 6.00. The van der Waals surface area contributed by atoms with Crippen LogP contribution in [-0.2, 0) is 0 Å². The number of carbonyl (C=O) groups is 1. The first-order chi connectivity index (χ1) is 13.8. The number of anilines is 3. The van der Waals surface area contributed by atoms with Crippen molar-refractivity contribution in [3.63, 3.8) is 0 Å². The molecular weight excluding hydrogens is 370 g/mol. The molecule has 1 aromatic rings. The topological polar surface area (TPSA) is 152 Å². The lowest BCUT2D eigenvalue weighted by Gasteiger charge is -2.33. The number of nitrogens with two attached hydrogens (primary N) is 2. The summed E-state index contributed by atoms with van der Waals surface area (Å²) in [5, 5.41) is 15.7. The smallest absolute Gasteiger partial charge is 0.433 e. The summed E-state index contributed by atoms with van der Waals surface area (Å²) in [6.45, 7) is 5.24. The Morgan fingerprint density at radius 1 is 1.24 bits per heavy atom. The van der Waals surface area contributed by atoms with E-state index in [2.05, 4.69) is 39.4 Å². The number of nitrogens with one attached hydrogen (secondary N) is 2. The predicted octanol–water partition coefficient (Wildman–Crippen LogP) is 3.28. The van der Waals surface area contributed by atoms with Gasteiger partial charge < -0.3 is 27.2 Å². The molecule has 2 fully saturated rings. The molecule has 1 amide bonds. The van der Waals surface area contributed by atoms with Crippen molar-refractivity contribution >= 4 is 29.3 Å². The summed E-state index contributed by atoms with van der Waals surface area (Å²) in [4.78, 5) is 22.8. The Bertz CT molecular complexity index is 755. The molecule has 9 heteroatoms. The third kappa shape index (κ3) is 5.48. The number of amidine groups is 1. The second-order valence-electron chi connectivity index (χ2n) is 8.57. The maximum absolute atomic E-state index is 10.9. The van der Waals surface area contributed by atoms with E-state index in [1.54, 1.807) is 0 Å². The van der Waals surface area contributed by atoms with Gasteiger partial charge in [0.25, 0.3) is 0 Å². The van der Waals surface area contributed by atoms with E-state index in [0.717, 1.165) is 12.5 Å². The van der Waals surface area contributed by atoms with E-state index in [1.807, 2.05) is 0 Å². The molecular formula is C20H33N7O2. The Morgan fingerprint density at radius 2 is 1.93 bits per heavy atom. The first kappa shape index (κ1) is 21.1. The van der Waals surface area contributed by atoms with Crippen LogP contribution in [0.1, 0.15) is 64.6 Å². The van der Waals surface area contributed by atoms with Crippen molar-refractivity contribution in [2.45, 2.75) is 64.8 Å². The van der Waals surface area contributed by atoms with Gasteiger partial charge in [0.05, 0.1) is 0 Å². The standard InChI is InChI=1S/C20H33N7O2/c1-11-6-8-13(9-7-11)10-23-15-16(21)25-19(17(22)26-20(28)29)27-18(15)24-12(2)14-4-3-5-14/h11-14,23H,3-10H2,1-2H3,(H2,22,26)(H,28,29)(H3,21,24,25,27)/t11?,12-,13?/m1/s1. The largest absolute Gasteiger partial charge is 0.463 e. The summed E-state index contributed by atoms with van der Waals surface area (Å²) < 4.78 is 0. The van der Waals surface area contributed by atoms with Gasteiger partial charge in [-0.1, -0.05) is 26.2 Å². The molecule has 3 rings (SSSR count). The second kappa shape index (κ2) is 9.28. The van der Waals surface area contributed by atoms with Gasteiger partial charge in [-0.3, -0.25) is 0 Å². The fourth-order valence-corrected chi connectivity index (χ4v) is 4.08. The molecule has 0 radical (unpaired) electrons. The van der Waals surface area contributed by atoms with Gasteiger partial charge in [-0.05, 0) is 50.4 Å². The zero-order valence-corrected chi connectivity index (χ0v) is 17.3. The van der Waals surface area contributed by atoms with Crippen LogP contribution in [0, 0.1) is 17.8 Å². The molecule has 0 bridgehead atoms. The minimum absolute atomic E-state index is 0.0188. The van der Waals surface area contributed by atoms with E-state index in [1.165, 1.54) is 44.9 Å². The summed E-state index contributed by atoms with van der Waals surface area (Å²) in [5.74, 6) is 2.54. The third-order valence-corrected chi connectivity index (χ3v) is 6.31. The van der Waals surface area contributed by atoms with Gasteiger partial charge in [-0.25, -0.2) is 14.8 Å². The molecule has 1 atom stereocenters. The minimum atomic E-state index is -1.39. The van der Waals surface area contributed by atoms with Crippen molar-refractivity contribution in [2.75, 3.05) is 22.9 Å². The zero-order valence-electron chi connectivity index (χ0n) is 17.3. The van der Waals surface area contributed by atoms with Gasteiger partial charge in [0, 0.05) is 12.6 Å². The molecule has 7 N–H and O–H groups in total. The number of hydrogen-bond acceptors (Lipinski definition) is 6. The summed E-state index contributed by atoms with van der Waals surface area (Å²) in [5.41, 5.74) is 12.6. The van der Waals surface area contributed by atoms with E-state index >= 15 is 0 Å². The van der Waals surface area contributed by atoms with Crippen molar-refractivity contribution < 1.29 is 9.90 Å². The molecule has 1 aromatic heterocycles. The summed E-state index contributed by atoms with van der Waals surface area (Å²) in [6, 6.07) is 0.222.